The monoisotopic (exact) mass is 364 g/mol. The van der Waals surface area contributed by atoms with Gasteiger partial charge >= 0.3 is 0 Å². The second-order valence-corrected chi connectivity index (χ2v) is 6.98. The van der Waals surface area contributed by atoms with E-state index >= 15 is 0 Å². The summed E-state index contributed by atoms with van der Waals surface area (Å²) in [5.74, 6) is 0.972. The van der Waals surface area contributed by atoms with Crippen molar-refractivity contribution in [3.8, 4) is 0 Å². The number of anilines is 2. The van der Waals surface area contributed by atoms with Crippen LogP contribution in [-0.2, 0) is 13.1 Å². The van der Waals surface area contributed by atoms with Crippen LogP contribution < -0.4 is 10.2 Å². The normalized spacial score (nSPS) is 11.1. The summed E-state index contributed by atoms with van der Waals surface area (Å²) in [6.07, 6.45) is 3.66. The third-order valence-corrected chi connectivity index (χ3v) is 5.16. The van der Waals surface area contributed by atoms with Crippen LogP contribution in [0.25, 0.3) is 11.0 Å². The smallest absolute Gasteiger partial charge is 0.204 e. The lowest BCUT2D eigenvalue weighted by Crippen LogP contribution is -2.21. The van der Waals surface area contributed by atoms with Crippen molar-refractivity contribution in [3.05, 3.63) is 54.1 Å². The number of imidazole rings is 1. The first-order valence-electron chi connectivity index (χ1n) is 10.3. The van der Waals surface area contributed by atoms with Crippen molar-refractivity contribution in [1.29, 1.82) is 0 Å². The van der Waals surface area contributed by atoms with Crippen LogP contribution in [0, 0.1) is 0 Å². The Balaban J connectivity index is 1.73. The third-order valence-electron chi connectivity index (χ3n) is 5.16. The van der Waals surface area contributed by atoms with Gasteiger partial charge in [-0.05, 0) is 50.1 Å². The molecule has 1 N–H and O–H groups in total. The van der Waals surface area contributed by atoms with E-state index in [2.05, 4.69) is 84.1 Å². The molecule has 144 valence electrons. The van der Waals surface area contributed by atoms with Crippen molar-refractivity contribution >= 4 is 22.7 Å². The number of nitrogens with one attached hydrogen (secondary N) is 1. The van der Waals surface area contributed by atoms with Crippen LogP contribution in [0.5, 0.6) is 0 Å². The number of fused-ring (bicyclic) bond motifs is 1. The van der Waals surface area contributed by atoms with Gasteiger partial charge < -0.3 is 14.8 Å². The Hall–Kier alpha value is -2.49. The zero-order valence-corrected chi connectivity index (χ0v) is 16.9. The molecule has 0 saturated heterocycles. The molecule has 0 saturated carbocycles. The van der Waals surface area contributed by atoms with Crippen molar-refractivity contribution in [3.63, 3.8) is 0 Å². The Labute approximate surface area is 163 Å². The van der Waals surface area contributed by atoms with E-state index in [4.69, 9.17) is 4.98 Å². The van der Waals surface area contributed by atoms with Gasteiger partial charge in [0, 0.05) is 31.9 Å². The molecule has 3 aromatic rings. The van der Waals surface area contributed by atoms with E-state index in [1.807, 2.05) is 0 Å². The van der Waals surface area contributed by atoms with E-state index in [0.29, 0.717) is 0 Å². The number of hydrogen-bond donors (Lipinski definition) is 1. The Morgan fingerprint density at radius 1 is 0.926 bits per heavy atom. The molecule has 0 unspecified atom stereocenters. The fraction of sp³-hybridized carbons (Fsp3) is 0.435. The summed E-state index contributed by atoms with van der Waals surface area (Å²) >= 11 is 0. The van der Waals surface area contributed by atoms with Gasteiger partial charge in [-0.25, -0.2) is 4.98 Å². The molecule has 0 bridgehead atoms. The molecule has 0 radical (unpaired) electrons. The van der Waals surface area contributed by atoms with Gasteiger partial charge in [-0.3, -0.25) is 0 Å². The lowest BCUT2D eigenvalue weighted by molar-refractivity contribution is 0.616. The zero-order chi connectivity index (χ0) is 19.1. The predicted molar refractivity (Wildman–Crippen MR) is 117 cm³/mol. The summed E-state index contributed by atoms with van der Waals surface area (Å²) in [7, 11) is 0. The summed E-state index contributed by atoms with van der Waals surface area (Å²) in [4.78, 5) is 7.19. The number of aryl methyl sites for hydroxylation is 1. The largest absolute Gasteiger partial charge is 0.372 e. The quantitative estimate of drug-likeness (QED) is 0.470. The lowest BCUT2D eigenvalue weighted by Gasteiger charge is -2.21. The second kappa shape index (κ2) is 9.45. The number of nitrogens with zero attached hydrogens (tertiary/aromatic N) is 3. The van der Waals surface area contributed by atoms with Crippen LogP contribution in [0.3, 0.4) is 0 Å². The van der Waals surface area contributed by atoms with Crippen LogP contribution in [-0.4, -0.2) is 22.6 Å². The van der Waals surface area contributed by atoms with Crippen molar-refractivity contribution in [2.45, 2.75) is 53.1 Å². The Morgan fingerprint density at radius 3 is 2.37 bits per heavy atom. The average Bonchev–Trinajstić information content (AvgIpc) is 3.06. The highest BCUT2D eigenvalue weighted by molar-refractivity contribution is 5.78. The van der Waals surface area contributed by atoms with Gasteiger partial charge in [-0.15, -0.1) is 0 Å². The molecule has 0 atom stereocenters. The Bertz CT molecular complexity index is 831. The maximum absolute atomic E-state index is 4.82. The maximum atomic E-state index is 4.82. The number of benzene rings is 2. The number of rotatable bonds is 10. The third kappa shape index (κ3) is 4.62. The van der Waals surface area contributed by atoms with Crippen LogP contribution in [0.4, 0.5) is 11.6 Å². The van der Waals surface area contributed by atoms with E-state index in [1.165, 1.54) is 36.0 Å². The SMILES string of the molecule is CCCCCn1c(NCc2ccc(N(CC)CC)cc2)nc2ccccc21. The molecule has 0 aliphatic carbocycles. The van der Waals surface area contributed by atoms with Gasteiger partial charge in [0.15, 0.2) is 0 Å². The minimum Gasteiger partial charge on any atom is -0.372 e. The predicted octanol–water partition coefficient (Wildman–Crippen LogP) is 5.68. The van der Waals surface area contributed by atoms with Crippen LogP contribution in [0.15, 0.2) is 48.5 Å². The van der Waals surface area contributed by atoms with E-state index < -0.39 is 0 Å². The summed E-state index contributed by atoms with van der Waals surface area (Å²) in [5.41, 5.74) is 4.84. The number of hydrogen-bond acceptors (Lipinski definition) is 3. The minimum atomic E-state index is 0.787. The molecule has 0 fully saturated rings. The molecule has 27 heavy (non-hydrogen) atoms. The van der Waals surface area contributed by atoms with Gasteiger partial charge in [-0.2, -0.15) is 0 Å². The topological polar surface area (TPSA) is 33.1 Å². The summed E-state index contributed by atoms with van der Waals surface area (Å²) in [5, 5.41) is 3.56. The molecule has 0 aliphatic rings. The highest BCUT2D eigenvalue weighted by Crippen LogP contribution is 2.22. The minimum absolute atomic E-state index is 0.787. The first-order valence-corrected chi connectivity index (χ1v) is 10.3. The van der Waals surface area contributed by atoms with Gasteiger partial charge in [0.05, 0.1) is 11.0 Å². The Kier molecular flexibility index (Phi) is 6.74. The molecule has 2 aromatic carbocycles. The van der Waals surface area contributed by atoms with Crippen molar-refractivity contribution in [2.24, 2.45) is 0 Å². The highest BCUT2D eigenvalue weighted by Gasteiger charge is 2.10. The van der Waals surface area contributed by atoms with E-state index in [1.54, 1.807) is 0 Å². The van der Waals surface area contributed by atoms with Crippen LogP contribution in [0.2, 0.25) is 0 Å². The maximum Gasteiger partial charge on any atom is 0.204 e. The molecular weight excluding hydrogens is 332 g/mol. The van der Waals surface area contributed by atoms with Gasteiger partial charge in [0.25, 0.3) is 0 Å². The molecule has 1 aromatic heterocycles. The molecule has 1 heterocycles. The standard InChI is InChI=1S/C23H32N4/c1-4-7-10-17-27-22-12-9-8-11-21(22)25-23(27)24-18-19-13-15-20(16-14-19)26(5-2)6-3/h8-9,11-16H,4-7,10,17-18H2,1-3H3,(H,24,25). The number of unbranched alkanes of at least 4 members (excludes halogenated alkanes) is 2. The molecule has 0 aliphatic heterocycles. The molecule has 0 amide bonds. The average molecular weight is 365 g/mol. The number of aromatic nitrogens is 2. The molecule has 0 spiro atoms. The number of para-hydroxylation sites is 2. The first kappa shape index (κ1) is 19.3. The molecule has 4 heteroatoms. The van der Waals surface area contributed by atoms with Gasteiger partial charge in [0.2, 0.25) is 5.95 Å². The van der Waals surface area contributed by atoms with E-state index in [-0.39, 0.29) is 0 Å². The van der Waals surface area contributed by atoms with Crippen molar-refractivity contribution in [2.75, 3.05) is 23.3 Å². The molecular formula is C23H32N4. The summed E-state index contributed by atoms with van der Waals surface area (Å²) in [6.45, 7) is 10.5. The van der Waals surface area contributed by atoms with Crippen LogP contribution in [0.1, 0.15) is 45.6 Å². The summed E-state index contributed by atoms with van der Waals surface area (Å²) in [6, 6.07) is 17.3. The van der Waals surface area contributed by atoms with Crippen molar-refractivity contribution in [1.82, 2.24) is 9.55 Å². The Morgan fingerprint density at radius 2 is 1.67 bits per heavy atom. The van der Waals surface area contributed by atoms with Gasteiger partial charge in [0.1, 0.15) is 0 Å². The zero-order valence-electron chi connectivity index (χ0n) is 16.9. The van der Waals surface area contributed by atoms with E-state index in [9.17, 15) is 0 Å². The van der Waals surface area contributed by atoms with E-state index in [0.717, 1.165) is 37.6 Å². The highest BCUT2D eigenvalue weighted by atomic mass is 15.2. The first-order chi connectivity index (χ1) is 13.3. The molecule has 3 rings (SSSR count). The summed E-state index contributed by atoms with van der Waals surface area (Å²) < 4.78 is 2.33. The fourth-order valence-electron chi connectivity index (χ4n) is 3.55. The fourth-order valence-corrected chi connectivity index (χ4v) is 3.55. The van der Waals surface area contributed by atoms with Crippen LogP contribution >= 0.6 is 0 Å². The van der Waals surface area contributed by atoms with Crippen molar-refractivity contribution < 1.29 is 0 Å². The lowest BCUT2D eigenvalue weighted by atomic mass is 10.2. The second-order valence-electron chi connectivity index (χ2n) is 6.98. The van der Waals surface area contributed by atoms with Gasteiger partial charge in [-0.1, -0.05) is 44.0 Å². The molecule has 4 nitrogen and oxygen atoms in total.